The Morgan fingerprint density at radius 2 is 2.07 bits per heavy atom. The number of benzene rings is 2. The lowest BCUT2D eigenvalue weighted by atomic mass is 9.67. The SMILES string of the molecule is N#Cc1cc(F)cc(-c2ccc3c(c2)C2(COC(N)=N2)[C@H]2C[C@@H](O)CCC2O3)c1. The molecular weight excluding hydrogens is 373 g/mol. The predicted octanol–water partition coefficient (Wildman–Crippen LogP) is 2.83. The Labute approximate surface area is 167 Å². The lowest BCUT2D eigenvalue weighted by Crippen LogP contribution is -2.51. The van der Waals surface area contributed by atoms with Crippen molar-refractivity contribution in [2.45, 2.75) is 37.0 Å². The molecule has 1 spiro atoms. The maximum Gasteiger partial charge on any atom is 0.283 e. The summed E-state index contributed by atoms with van der Waals surface area (Å²) in [4.78, 5) is 4.68. The molecule has 29 heavy (non-hydrogen) atoms. The number of rotatable bonds is 1. The Kier molecular flexibility index (Phi) is 4.00. The molecule has 2 heterocycles. The van der Waals surface area contributed by atoms with Gasteiger partial charge >= 0.3 is 0 Å². The topological polar surface area (TPSA) is 101 Å². The Hall–Kier alpha value is -3.11. The normalized spacial score (nSPS) is 29.8. The first-order valence-corrected chi connectivity index (χ1v) is 9.67. The van der Waals surface area contributed by atoms with E-state index >= 15 is 0 Å². The van der Waals surface area contributed by atoms with Gasteiger partial charge in [-0.1, -0.05) is 6.07 Å². The first-order valence-electron chi connectivity index (χ1n) is 9.67. The van der Waals surface area contributed by atoms with E-state index in [1.54, 1.807) is 6.07 Å². The molecular formula is C22H20FN3O3. The number of aliphatic hydroxyl groups is 1. The molecule has 0 aromatic heterocycles. The van der Waals surface area contributed by atoms with E-state index in [0.29, 0.717) is 24.2 Å². The average Bonchev–Trinajstić information content (AvgIpc) is 3.10. The zero-order valence-electron chi connectivity index (χ0n) is 15.6. The fourth-order valence-corrected chi connectivity index (χ4v) is 4.87. The monoisotopic (exact) mass is 393 g/mol. The summed E-state index contributed by atoms with van der Waals surface area (Å²) in [6.07, 6.45) is 1.48. The first-order chi connectivity index (χ1) is 14.0. The van der Waals surface area contributed by atoms with E-state index in [1.165, 1.54) is 12.1 Å². The van der Waals surface area contributed by atoms with Gasteiger partial charge in [0.25, 0.3) is 6.02 Å². The Bertz CT molecular complexity index is 1060. The van der Waals surface area contributed by atoms with Crippen molar-refractivity contribution in [1.29, 1.82) is 5.26 Å². The number of ether oxygens (including phenoxy) is 2. The number of hydrogen-bond acceptors (Lipinski definition) is 6. The number of amidine groups is 1. The number of nitrogens with two attached hydrogens (primary N) is 1. The highest BCUT2D eigenvalue weighted by molar-refractivity contribution is 5.75. The fraction of sp³-hybridized carbons (Fsp3) is 0.364. The summed E-state index contributed by atoms with van der Waals surface area (Å²) in [6.45, 7) is 0.277. The van der Waals surface area contributed by atoms with E-state index in [-0.39, 0.29) is 30.2 Å². The zero-order valence-corrected chi connectivity index (χ0v) is 15.6. The van der Waals surface area contributed by atoms with Crippen LogP contribution in [0.15, 0.2) is 41.4 Å². The number of aliphatic imine (C=N–C) groups is 1. The molecule has 2 aromatic carbocycles. The first kappa shape index (κ1) is 18.0. The fourth-order valence-electron chi connectivity index (χ4n) is 4.87. The van der Waals surface area contributed by atoms with E-state index in [4.69, 9.17) is 20.5 Å². The molecule has 3 N–H and O–H groups in total. The average molecular weight is 393 g/mol. The van der Waals surface area contributed by atoms with Crippen LogP contribution >= 0.6 is 0 Å². The van der Waals surface area contributed by atoms with E-state index in [0.717, 1.165) is 17.5 Å². The van der Waals surface area contributed by atoms with E-state index in [1.807, 2.05) is 24.3 Å². The van der Waals surface area contributed by atoms with Gasteiger partial charge in [0.05, 0.1) is 17.7 Å². The Morgan fingerprint density at radius 3 is 2.83 bits per heavy atom. The van der Waals surface area contributed by atoms with Gasteiger partial charge in [0.1, 0.15) is 29.8 Å². The smallest absolute Gasteiger partial charge is 0.283 e. The standard InChI is InChI=1S/C22H20FN3O3/c23-15-6-12(10-24)5-14(7-15)13-1-3-19-17(8-13)22(11-28-21(25)26-22)18-9-16(27)2-4-20(18)29-19/h1,3,5-8,16,18,20,27H,2,4,9,11H2,(H2,25,26)/t16-,18-,20?,22?/m0/s1. The molecule has 6 nitrogen and oxygen atoms in total. The summed E-state index contributed by atoms with van der Waals surface area (Å²) in [5.74, 6) is 0.159. The molecule has 7 heteroatoms. The summed E-state index contributed by atoms with van der Waals surface area (Å²) < 4.78 is 25.8. The van der Waals surface area contributed by atoms with Crippen molar-refractivity contribution in [3.05, 3.63) is 53.3 Å². The van der Waals surface area contributed by atoms with Crippen LogP contribution in [0.1, 0.15) is 30.4 Å². The minimum Gasteiger partial charge on any atom is -0.490 e. The summed E-state index contributed by atoms with van der Waals surface area (Å²) in [5, 5.41) is 19.4. The zero-order chi connectivity index (χ0) is 20.2. The maximum absolute atomic E-state index is 14.0. The molecule has 5 rings (SSSR count). The van der Waals surface area contributed by atoms with Crippen LogP contribution in [-0.4, -0.2) is 29.9 Å². The highest BCUT2D eigenvalue weighted by Gasteiger charge is 2.55. The van der Waals surface area contributed by atoms with Crippen LogP contribution in [0.25, 0.3) is 11.1 Å². The molecule has 2 aliphatic heterocycles. The van der Waals surface area contributed by atoms with Gasteiger partial charge in [-0.05, 0) is 60.7 Å². The summed E-state index contributed by atoms with van der Waals surface area (Å²) in [6, 6.07) is 12.0. The van der Waals surface area contributed by atoms with Crippen molar-refractivity contribution in [2.75, 3.05) is 6.61 Å². The summed E-state index contributed by atoms with van der Waals surface area (Å²) >= 11 is 0. The number of halogens is 1. The third-order valence-electron chi connectivity index (χ3n) is 6.21. The summed E-state index contributed by atoms with van der Waals surface area (Å²) in [7, 11) is 0. The number of nitriles is 1. The van der Waals surface area contributed by atoms with Crippen molar-refractivity contribution in [2.24, 2.45) is 16.6 Å². The molecule has 2 aromatic rings. The van der Waals surface area contributed by atoms with Gasteiger partial charge in [0, 0.05) is 11.5 Å². The van der Waals surface area contributed by atoms with Crippen molar-refractivity contribution < 1.29 is 19.0 Å². The van der Waals surface area contributed by atoms with E-state index < -0.39 is 17.5 Å². The van der Waals surface area contributed by atoms with Crippen LogP contribution in [0.2, 0.25) is 0 Å². The molecule has 0 bridgehead atoms. The van der Waals surface area contributed by atoms with Gasteiger partial charge in [-0.3, -0.25) is 0 Å². The molecule has 3 aliphatic rings. The van der Waals surface area contributed by atoms with Gasteiger partial charge < -0.3 is 20.3 Å². The van der Waals surface area contributed by atoms with E-state index in [9.17, 15) is 9.50 Å². The van der Waals surface area contributed by atoms with Gasteiger partial charge in [-0.15, -0.1) is 0 Å². The maximum atomic E-state index is 14.0. The highest BCUT2D eigenvalue weighted by Crippen LogP contribution is 2.53. The van der Waals surface area contributed by atoms with Gasteiger partial charge in [0.15, 0.2) is 0 Å². The Balaban J connectivity index is 1.66. The van der Waals surface area contributed by atoms with Crippen molar-refractivity contribution >= 4 is 6.02 Å². The number of hydrogen-bond donors (Lipinski definition) is 2. The third-order valence-corrected chi connectivity index (χ3v) is 6.21. The van der Waals surface area contributed by atoms with Crippen LogP contribution in [0.3, 0.4) is 0 Å². The molecule has 4 atom stereocenters. The molecule has 1 aliphatic carbocycles. The lowest BCUT2D eigenvalue weighted by molar-refractivity contribution is -0.0359. The minimum absolute atomic E-state index is 0.0720. The van der Waals surface area contributed by atoms with Gasteiger partial charge in [-0.2, -0.15) is 5.26 Å². The van der Waals surface area contributed by atoms with Gasteiger partial charge in [-0.25, -0.2) is 9.38 Å². The lowest BCUT2D eigenvalue weighted by Gasteiger charge is -2.47. The van der Waals surface area contributed by atoms with Crippen LogP contribution in [-0.2, 0) is 10.3 Å². The Morgan fingerprint density at radius 1 is 1.21 bits per heavy atom. The third kappa shape index (κ3) is 2.83. The summed E-state index contributed by atoms with van der Waals surface area (Å²) in [5.41, 5.74) is 7.57. The largest absolute Gasteiger partial charge is 0.490 e. The minimum atomic E-state index is -0.745. The number of nitrogens with zero attached hydrogens (tertiary/aromatic N) is 2. The van der Waals surface area contributed by atoms with Gasteiger partial charge in [0.2, 0.25) is 0 Å². The second kappa shape index (κ2) is 6.46. The molecule has 148 valence electrons. The molecule has 1 fully saturated rings. The van der Waals surface area contributed by atoms with Crippen LogP contribution < -0.4 is 10.5 Å². The number of aliphatic hydroxyl groups excluding tert-OH is 1. The van der Waals surface area contributed by atoms with Crippen molar-refractivity contribution in [3.63, 3.8) is 0 Å². The van der Waals surface area contributed by atoms with Crippen LogP contribution in [0, 0.1) is 23.1 Å². The molecule has 0 radical (unpaired) electrons. The highest BCUT2D eigenvalue weighted by atomic mass is 19.1. The van der Waals surface area contributed by atoms with Crippen LogP contribution in [0.5, 0.6) is 5.75 Å². The second-order valence-electron chi connectivity index (χ2n) is 7.94. The molecule has 1 saturated carbocycles. The predicted molar refractivity (Wildman–Crippen MR) is 104 cm³/mol. The van der Waals surface area contributed by atoms with E-state index in [2.05, 4.69) is 4.99 Å². The molecule has 2 unspecified atom stereocenters. The van der Waals surface area contributed by atoms with Crippen molar-refractivity contribution in [1.82, 2.24) is 0 Å². The molecule has 0 amide bonds. The number of fused-ring (bicyclic) bond motifs is 4. The molecule has 0 saturated heterocycles. The quantitative estimate of drug-likeness (QED) is 0.776. The second-order valence-corrected chi connectivity index (χ2v) is 7.94. The van der Waals surface area contributed by atoms with Crippen molar-refractivity contribution in [3.8, 4) is 22.9 Å². The van der Waals surface area contributed by atoms with Crippen LogP contribution in [0.4, 0.5) is 4.39 Å².